The first-order chi connectivity index (χ1) is 16.0. The van der Waals surface area contributed by atoms with Gasteiger partial charge in [0.15, 0.2) is 5.69 Å². The van der Waals surface area contributed by atoms with E-state index in [-0.39, 0.29) is 11.4 Å². The standard InChI is InChI=1S/C18H17N4O12/c23-7-13-15(24)16(25)17(18(26)34-13)33-10-3-1-8(2-4-10)19-14-11(21(29)30)5-9(20(27)28)6-12(14)22(31)32/h1-6,13,15-19,23-25H,7H2/q-1/t13-,15-,16+,17-,18+/m1/s1. The van der Waals surface area contributed by atoms with E-state index in [4.69, 9.17) is 14.6 Å². The van der Waals surface area contributed by atoms with Gasteiger partial charge in [-0.25, -0.2) is 0 Å². The van der Waals surface area contributed by atoms with E-state index in [1.807, 2.05) is 0 Å². The van der Waals surface area contributed by atoms with E-state index in [2.05, 4.69) is 5.32 Å². The number of aliphatic hydroxyl groups is 3. The monoisotopic (exact) mass is 481 g/mol. The molecule has 1 heterocycles. The third-order valence-electron chi connectivity index (χ3n) is 4.91. The third-order valence-corrected chi connectivity index (χ3v) is 4.91. The quantitative estimate of drug-likeness (QED) is 0.280. The highest BCUT2D eigenvalue weighted by atomic mass is 16.7. The maximum atomic E-state index is 12.1. The molecule has 3 rings (SSSR count). The van der Waals surface area contributed by atoms with Gasteiger partial charge in [-0.15, -0.1) is 0 Å². The first-order valence-corrected chi connectivity index (χ1v) is 9.46. The van der Waals surface area contributed by atoms with Crippen LogP contribution < -0.4 is 15.2 Å². The second-order valence-corrected chi connectivity index (χ2v) is 7.07. The van der Waals surface area contributed by atoms with E-state index in [0.717, 1.165) is 0 Å². The van der Waals surface area contributed by atoms with Crippen LogP contribution in [0.15, 0.2) is 36.4 Å². The summed E-state index contributed by atoms with van der Waals surface area (Å²) in [5, 5.41) is 77.3. The molecule has 1 fully saturated rings. The van der Waals surface area contributed by atoms with E-state index >= 15 is 0 Å². The molecule has 1 saturated heterocycles. The molecule has 2 aromatic rings. The molecule has 2 aromatic carbocycles. The highest BCUT2D eigenvalue weighted by Crippen LogP contribution is 2.40. The van der Waals surface area contributed by atoms with Gasteiger partial charge in [-0.05, 0) is 24.3 Å². The lowest BCUT2D eigenvalue weighted by molar-refractivity contribution is -0.530. The Kier molecular flexibility index (Phi) is 7.18. The average Bonchev–Trinajstić information content (AvgIpc) is 2.79. The molecule has 0 unspecified atom stereocenters. The number of nitro benzene ring substituents is 3. The van der Waals surface area contributed by atoms with Gasteiger partial charge in [0, 0.05) is 12.0 Å². The molecule has 0 aromatic heterocycles. The molecule has 1 aliphatic rings. The second kappa shape index (κ2) is 9.89. The number of nitrogens with one attached hydrogen (secondary N) is 1. The van der Waals surface area contributed by atoms with Gasteiger partial charge in [-0.1, -0.05) is 0 Å². The zero-order valence-electron chi connectivity index (χ0n) is 16.9. The molecule has 0 spiro atoms. The summed E-state index contributed by atoms with van der Waals surface area (Å²) in [5.41, 5.74) is -3.13. The molecule has 0 aliphatic carbocycles. The number of ether oxygens (including phenoxy) is 2. The molecule has 0 radical (unpaired) electrons. The van der Waals surface area contributed by atoms with Crippen LogP contribution in [0.1, 0.15) is 0 Å². The topological polar surface area (TPSA) is 244 Å². The van der Waals surface area contributed by atoms with Gasteiger partial charge >= 0.3 is 11.4 Å². The van der Waals surface area contributed by atoms with Crippen molar-refractivity contribution in [3.05, 3.63) is 66.7 Å². The maximum Gasteiger partial charge on any atom is 0.306 e. The van der Waals surface area contributed by atoms with Crippen molar-refractivity contribution in [1.29, 1.82) is 0 Å². The first kappa shape index (κ1) is 24.7. The van der Waals surface area contributed by atoms with Crippen LogP contribution in [-0.4, -0.2) is 67.4 Å². The van der Waals surface area contributed by atoms with Gasteiger partial charge in [-0.2, -0.15) is 0 Å². The zero-order chi connectivity index (χ0) is 25.2. The van der Waals surface area contributed by atoms with Gasteiger partial charge < -0.3 is 35.2 Å². The fourth-order valence-corrected chi connectivity index (χ4v) is 3.22. The number of anilines is 2. The molecule has 0 amide bonds. The van der Waals surface area contributed by atoms with E-state index in [1.165, 1.54) is 24.3 Å². The van der Waals surface area contributed by atoms with E-state index in [9.17, 15) is 45.7 Å². The Balaban J connectivity index is 1.84. The molecular weight excluding hydrogens is 464 g/mol. The van der Waals surface area contributed by atoms with Crippen molar-refractivity contribution < 1.29 is 44.7 Å². The van der Waals surface area contributed by atoms with Crippen molar-refractivity contribution in [2.45, 2.75) is 30.7 Å². The number of nitro groups is 3. The number of nitrogens with zero attached hydrogens (tertiary/aromatic N) is 3. The maximum absolute atomic E-state index is 12.1. The Hall–Kier alpha value is -3.96. The predicted octanol–water partition coefficient (Wildman–Crippen LogP) is -0.299. The predicted molar refractivity (Wildman–Crippen MR) is 108 cm³/mol. The molecule has 16 nitrogen and oxygen atoms in total. The van der Waals surface area contributed by atoms with Crippen molar-refractivity contribution >= 4 is 28.4 Å². The lowest BCUT2D eigenvalue weighted by Gasteiger charge is -2.45. The molecule has 1 aliphatic heterocycles. The number of non-ortho nitro benzene ring substituents is 1. The summed E-state index contributed by atoms with van der Waals surface area (Å²) >= 11 is 0. The summed E-state index contributed by atoms with van der Waals surface area (Å²) in [7, 11) is 0. The lowest BCUT2D eigenvalue weighted by Crippen LogP contribution is -2.64. The van der Waals surface area contributed by atoms with E-state index in [1.54, 1.807) is 0 Å². The van der Waals surface area contributed by atoms with Crippen LogP contribution in [0.4, 0.5) is 28.4 Å². The fraction of sp³-hybridized carbons (Fsp3) is 0.333. The Bertz CT molecular complexity index is 1060. The molecular formula is C18H17N4O12-. The lowest BCUT2D eigenvalue weighted by atomic mass is 9.99. The SMILES string of the molecule is O=[N+]([O-])c1cc([N+](=O)[O-])c(Nc2ccc(O[C@@H]3[C@@H](O)[C@H](O)[C@@H](CO)O[C@@H]3[O-])cc2)c([N+](=O)[O-])c1. The van der Waals surface area contributed by atoms with Crippen LogP contribution in [0.25, 0.3) is 0 Å². The van der Waals surface area contributed by atoms with E-state index in [0.29, 0.717) is 12.1 Å². The first-order valence-electron chi connectivity index (χ1n) is 9.46. The Morgan fingerprint density at radius 1 is 0.941 bits per heavy atom. The normalized spacial score (nSPS) is 24.3. The highest BCUT2D eigenvalue weighted by Gasteiger charge is 2.41. The van der Waals surface area contributed by atoms with Crippen LogP contribution in [-0.2, 0) is 4.74 Å². The summed E-state index contributed by atoms with van der Waals surface area (Å²) in [6, 6.07) is 6.22. The molecule has 5 atom stereocenters. The minimum Gasteiger partial charge on any atom is -0.828 e. The summed E-state index contributed by atoms with van der Waals surface area (Å²) in [4.78, 5) is 30.7. The molecule has 0 bridgehead atoms. The Morgan fingerprint density at radius 2 is 1.50 bits per heavy atom. The molecule has 16 heteroatoms. The minimum atomic E-state index is -1.93. The van der Waals surface area contributed by atoms with Crippen LogP contribution in [0.5, 0.6) is 5.75 Å². The van der Waals surface area contributed by atoms with Crippen molar-refractivity contribution in [2.75, 3.05) is 11.9 Å². The van der Waals surface area contributed by atoms with Crippen LogP contribution >= 0.6 is 0 Å². The van der Waals surface area contributed by atoms with Crippen molar-refractivity contribution in [2.24, 2.45) is 0 Å². The van der Waals surface area contributed by atoms with Gasteiger partial charge in [-0.3, -0.25) is 30.3 Å². The van der Waals surface area contributed by atoms with Crippen LogP contribution in [0.2, 0.25) is 0 Å². The van der Waals surface area contributed by atoms with Gasteiger partial charge in [0.2, 0.25) is 0 Å². The van der Waals surface area contributed by atoms with Crippen molar-refractivity contribution in [3.8, 4) is 5.75 Å². The van der Waals surface area contributed by atoms with Gasteiger partial charge in [0.1, 0.15) is 30.2 Å². The summed E-state index contributed by atoms with van der Waals surface area (Å²) in [6.07, 6.45) is -7.99. The fourth-order valence-electron chi connectivity index (χ4n) is 3.22. The number of hydrogen-bond acceptors (Lipinski definition) is 13. The Morgan fingerprint density at radius 3 is 1.97 bits per heavy atom. The van der Waals surface area contributed by atoms with Gasteiger partial charge in [0.25, 0.3) is 5.69 Å². The number of benzene rings is 2. The average molecular weight is 481 g/mol. The van der Waals surface area contributed by atoms with Crippen molar-refractivity contribution in [3.63, 3.8) is 0 Å². The van der Waals surface area contributed by atoms with Crippen molar-refractivity contribution in [1.82, 2.24) is 0 Å². The Labute approximate surface area is 189 Å². The van der Waals surface area contributed by atoms with Crippen LogP contribution in [0.3, 0.4) is 0 Å². The van der Waals surface area contributed by atoms with Gasteiger partial charge in [0.05, 0.1) is 33.5 Å². The largest absolute Gasteiger partial charge is 0.828 e. The summed E-state index contributed by atoms with van der Waals surface area (Å²) < 4.78 is 10.2. The zero-order valence-corrected chi connectivity index (χ0v) is 16.9. The van der Waals surface area contributed by atoms with E-state index < -0.39 is 74.8 Å². The minimum absolute atomic E-state index is 0.0152. The van der Waals surface area contributed by atoms with Crippen LogP contribution in [0, 0.1) is 30.3 Å². The summed E-state index contributed by atoms with van der Waals surface area (Å²) in [5.74, 6) is 0.0152. The smallest absolute Gasteiger partial charge is 0.306 e. The molecule has 34 heavy (non-hydrogen) atoms. The summed E-state index contributed by atoms with van der Waals surface area (Å²) in [6.45, 7) is -0.690. The molecule has 4 N–H and O–H groups in total. The number of aliphatic hydroxyl groups excluding tert-OH is 3. The third kappa shape index (κ3) is 5.00. The highest BCUT2D eigenvalue weighted by molar-refractivity contribution is 5.81. The number of rotatable bonds is 8. The molecule has 182 valence electrons. The second-order valence-electron chi connectivity index (χ2n) is 7.07. The number of hydrogen-bond donors (Lipinski definition) is 4. The molecule has 0 saturated carbocycles.